The Morgan fingerprint density at radius 1 is 0.344 bits per heavy atom. The van der Waals surface area contributed by atoms with E-state index in [9.17, 15) is 43.2 Å². The van der Waals surface area contributed by atoms with Gasteiger partial charge in [-0.05, 0) is 63.2 Å². The zero-order valence-corrected chi connectivity index (χ0v) is 63.9. The molecule has 0 aromatic heterocycles. The van der Waals surface area contributed by atoms with Crippen LogP contribution in [0, 0.1) is 11.8 Å². The molecule has 0 saturated carbocycles. The van der Waals surface area contributed by atoms with Gasteiger partial charge in [0.25, 0.3) is 0 Å². The summed E-state index contributed by atoms with van der Waals surface area (Å²) in [5, 5.41) is 10.6. The Labute approximate surface area is 586 Å². The van der Waals surface area contributed by atoms with E-state index in [2.05, 4.69) is 65.8 Å². The zero-order chi connectivity index (χ0) is 70.7. The molecule has 0 aliphatic heterocycles. The molecule has 0 aliphatic carbocycles. The van der Waals surface area contributed by atoms with E-state index in [1.807, 2.05) is 0 Å². The number of phosphoric ester groups is 2. The third kappa shape index (κ3) is 68.7. The number of rotatable bonds is 74. The van der Waals surface area contributed by atoms with Gasteiger partial charge in [-0.1, -0.05) is 323 Å². The molecule has 0 fully saturated rings. The van der Waals surface area contributed by atoms with Crippen LogP contribution in [0.5, 0.6) is 0 Å². The Kier molecular flexibility index (Phi) is 66.6. The van der Waals surface area contributed by atoms with Gasteiger partial charge in [-0.15, -0.1) is 0 Å². The van der Waals surface area contributed by atoms with Gasteiger partial charge in [-0.3, -0.25) is 37.3 Å². The second-order valence-electron chi connectivity index (χ2n) is 27.8. The molecule has 0 radical (unpaired) electrons. The molecule has 0 aromatic carbocycles. The summed E-state index contributed by atoms with van der Waals surface area (Å²) in [6.07, 6.45) is 58.8. The van der Waals surface area contributed by atoms with Gasteiger partial charge < -0.3 is 33.8 Å². The van der Waals surface area contributed by atoms with Crippen LogP contribution in [0.4, 0.5) is 0 Å². The van der Waals surface area contributed by atoms with Gasteiger partial charge in [0.2, 0.25) is 0 Å². The van der Waals surface area contributed by atoms with Crippen molar-refractivity contribution >= 4 is 39.5 Å². The molecule has 566 valence electrons. The average molecular weight is 1410 g/mol. The smallest absolute Gasteiger partial charge is 0.462 e. The molecule has 6 atom stereocenters. The Morgan fingerprint density at radius 2 is 0.615 bits per heavy atom. The molecular formula is C77H146O17P2. The summed E-state index contributed by atoms with van der Waals surface area (Å²) in [5.41, 5.74) is 0. The van der Waals surface area contributed by atoms with Crippen LogP contribution in [-0.2, 0) is 65.4 Å². The standard InChI is InChI=1S/C77H146O17P2/c1-7-10-12-14-16-18-20-22-23-25-29-37-43-49-55-61-76(81)93-72(65-88-75(80)60-54-48-42-36-30-26-27-33-39-45-51-57-69(4)5)67-91-95(83,84)89-63-71(78)64-90-96(85,86)92-68-73(66-87-74(79)59-53-47-41-35-28-24-21-19-17-15-13-11-8-2)94-77(82)62-56-50-44-38-32-31-34-40-46-52-58-70(6)9-3/h18,20,22-23,69-73,78H,7-17,19,21,24-68H2,1-6H3,(H,83,84)(H,85,86)/b20-18-,23-22-/t70?,71-,72-,73-/m1/s1. The molecule has 0 aromatic rings. The second-order valence-corrected chi connectivity index (χ2v) is 30.7. The minimum Gasteiger partial charge on any atom is -0.462 e. The van der Waals surface area contributed by atoms with Crippen molar-refractivity contribution < 1.29 is 80.2 Å². The van der Waals surface area contributed by atoms with E-state index < -0.39 is 97.5 Å². The number of allylic oxidation sites excluding steroid dienone is 4. The lowest BCUT2D eigenvalue weighted by Gasteiger charge is -2.21. The minimum absolute atomic E-state index is 0.0850. The summed E-state index contributed by atoms with van der Waals surface area (Å²) in [6.45, 7) is 9.57. The molecule has 0 rings (SSSR count). The average Bonchev–Trinajstić information content (AvgIpc) is 1.85. The largest absolute Gasteiger partial charge is 0.472 e. The first-order valence-corrected chi connectivity index (χ1v) is 42.3. The monoisotopic (exact) mass is 1410 g/mol. The second kappa shape index (κ2) is 68.3. The van der Waals surface area contributed by atoms with Crippen molar-refractivity contribution in [1.29, 1.82) is 0 Å². The number of hydrogen-bond acceptors (Lipinski definition) is 15. The van der Waals surface area contributed by atoms with E-state index in [0.717, 1.165) is 115 Å². The number of unbranched alkanes of at least 4 members (excludes halogenated alkanes) is 40. The van der Waals surface area contributed by atoms with Crippen LogP contribution >= 0.6 is 15.6 Å². The number of carbonyl (C=O) groups is 4. The summed E-state index contributed by atoms with van der Waals surface area (Å²) >= 11 is 0. The maximum atomic E-state index is 13.1. The lowest BCUT2D eigenvalue weighted by Crippen LogP contribution is -2.30. The topological polar surface area (TPSA) is 237 Å². The predicted molar refractivity (Wildman–Crippen MR) is 391 cm³/mol. The molecule has 0 saturated heterocycles. The van der Waals surface area contributed by atoms with E-state index in [1.165, 1.54) is 180 Å². The number of esters is 4. The number of aliphatic hydroxyl groups excluding tert-OH is 1. The normalized spacial score (nSPS) is 14.4. The van der Waals surface area contributed by atoms with Crippen molar-refractivity contribution in [1.82, 2.24) is 0 Å². The predicted octanol–water partition coefficient (Wildman–Crippen LogP) is 22.3. The summed E-state index contributed by atoms with van der Waals surface area (Å²) in [4.78, 5) is 72.9. The quantitative estimate of drug-likeness (QED) is 0.0169. The summed E-state index contributed by atoms with van der Waals surface area (Å²) in [5.74, 6) is -0.573. The molecule has 0 amide bonds. The van der Waals surface area contributed by atoms with Crippen molar-refractivity contribution in [2.24, 2.45) is 11.8 Å². The summed E-state index contributed by atoms with van der Waals surface area (Å²) < 4.78 is 68.6. The number of phosphoric acid groups is 2. The molecule has 3 N–H and O–H groups in total. The lowest BCUT2D eigenvalue weighted by molar-refractivity contribution is -0.161. The highest BCUT2D eigenvalue weighted by Gasteiger charge is 2.30. The number of carbonyl (C=O) groups excluding carboxylic acids is 4. The van der Waals surface area contributed by atoms with Gasteiger partial charge in [-0.2, -0.15) is 0 Å². The maximum Gasteiger partial charge on any atom is 0.472 e. The third-order valence-electron chi connectivity index (χ3n) is 17.7. The van der Waals surface area contributed by atoms with E-state index in [0.29, 0.717) is 25.7 Å². The van der Waals surface area contributed by atoms with Crippen molar-refractivity contribution in [2.75, 3.05) is 39.6 Å². The first-order valence-electron chi connectivity index (χ1n) is 39.3. The SMILES string of the molecule is CCCCCC/C=C\C=C/CCCCCCCC(=O)O[C@H](COC(=O)CCCCCCCCCCCCCC(C)C)COP(=O)(O)OC[C@@H](O)COP(=O)(O)OC[C@@H](COC(=O)CCCCCCCCCCCCCCC)OC(=O)CCCCCCCCCCCCC(C)CC. The summed E-state index contributed by atoms with van der Waals surface area (Å²) in [7, 11) is -9.93. The van der Waals surface area contributed by atoms with Crippen LogP contribution in [0.1, 0.15) is 375 Å². The van der Waals surface area contributed by atoms with Crippen molar-refractivity contribution in [3.8, 4) is 0 Å². The number of ether oxygens (including phenoxy) is 4. The third-order valence-corrected chi connectivity index (χ3v) is 19.6. The molecule has 17 nitrogen and oxygen atoms in total. The Morgan fingerprint density at radius 3 is 0.938 bits per heavy atom. The van der Waals surface area contributed by atoms with Gasteiger partial charge in [0.1, 0.15) is 19.3 Å². The minimum atomic E-state index is -4.97. The molecular weight excluding hydrogens is 1260 g/mol. The van der Waals surface area contributed by atoms with E-state index in [-0.39, 0.29) is 25.7 Å². The molecule has 96 heavy (non-hydrogen) atoms. The Balaban J connectivity index is 5.31. The lowest BCUT2D eigenvalue weighted by atomic mass is 9.99. The Bertz CT molecular complexity index is 1950. The molecule has 0 aliphatic rings. The fraction of sp³-hybridized carbons (Fsp3) is 0.896. The highest BCUT2D eigenvalue weighted by atomic mass is 31.2. The first kappa shape index (κ1) is 93.5. The fourth-order valence-electron chi connectivity index (χ4n) is 11.3. The Hall–Kier alpha value is -2.46. The molecule has 19 heteroatoms. The van der Waals surface area contributed by atoms with Crippen LogP contribution in [0.3, 0.4) is 0 Å². The first-order chi connectivity index (χ1) is 46.4. The van der Waals surface area contributed by atoms with Gasteiger partial charge >= 0.3 is 39.5 Å². The molecule has 3 unspecified atom stereocenters. The fourth-order valence-corrected chi connectivity index (χ4v) is 12.8. The van der Waals surface area contributed by atoms with Crippen LogP contribution in [0.2, 0.25) is 0 Å². The van der Waals surface area contributed by atoms with E-state index in [1.54, 1.807) is 0 Å². The van der Waals surface area contributed by atoms with E-state index >= 15 is 0 Å². The van der Waals surface area contributed by atoms with Crippen LogP contribution in [-0.4, -0.2) is 96.7 Å². The number of hydrogen-bond donors (Lipinski definition) is 3. The van der Waals surface area contributed by atoms with Gasteiger partial charge in [0, 0.05) is 25.7 Å². The van der Waals surface area contributed by atoms with Crippen molar-refractivity contribution in [3.05, 3.63) is 24.3 Å². The molecule has 0 heterocycles. The highest BCUT2D eigenvalue weighted by Crippen LogP contribution is 2.45. The van der Waals surface area contributed by atoms with Gasteiger partial charge in [-0.25, -0.2) is 9.13 Å². The highest BCUT2D eigenvalue weighted by molar-refractivity contribution is 7.47. The molecule has 0 bridgehead atoms. The van der Waals surface area contributed by atoms with E-state index in [4.69, 9.17) is 37.0 Å². The van der Waals surface area contributed by atoms with Crippen molar-refractivity contribution in [3.63, 3.8) is 0 Å². The van der Waals surface area contributed by atoms with Crippen LogP contribution in [0.15, 0.2) is 24.3 Å². The van der Waals surface area contributed by atoms with Crippen LogP contribution in [0.25, 0.3) is 0 Å². The molecule has 0 spiro atoms. The zero-order valence-electron chi connectivity index (χ0n) is 62.2. The van der Waals surface area contributed by atoms with Crippen LogP contribution < -0.4 is 0 Å². The van der Waals surface area contributed by atoms with Gasteiger partial charge in [0.15, 0.2) is 12.2 Å². The maximum absolute atomic E-state index is 13.1. The summed E-state index contributed by atoms with van der Waals surface area (Å²) in [6, 6.07) is 0. The van der Waals surface area contributed by atoms with Gasteiger partial charge in [0.05, 0.1) is 26.4 Å². The van der Waals surface area contributed by atoms with Crippen molar-refractivity contribution in [2.45, 2.75) is 394 Å². The number of aliphatic hydroxyl groups is 1.